The highest BCUT2D eigenvalue weighted by atomic mass is 16.3. The van der Waals surface area contributed by atoms with Gasteiger partial charge >= 0.3 is 0 Å². The average molecular weight is 157 g/mol. The molecule has 0 bridgehead atoms. The van der Waals surface area contributed by atoms with Gasteiger partial charge in [-0.2, -0.15) is 0 Å². The molecule has 3 heteroatoms. The van der Waals surface area contributed by atoms with Crippen LogP contribution in [0, 0.1) is 5.92 Å². The molecule has 0 radical (unpaired) electrons. The third-order valence-electron chi connectivity index (χ3n) is 2.71. The molecule has 2 rings (SSSR count). The van der Waals surface area contributed by atoms with Crippen LogP contribution in [0.2, 0.25) is 0 Å². The fraction of sp³-hybridized carbons (Fsp3) is 1.00. The minimum atomic E-state index is -0.443. The zero-order valence-electron chi connectivity index (χ0n) is 6.58. The lowest BCUT2D eigenvalue weighted by Crippen LogP contribution is -2.46. The number of aliphatic hydroxyl groups excluding tert-OH is 1. The van der Waals surface area contributed by atoms with Crippen LogP contribution in [-0.4, -0.2) is 35.0 Å². The van der Waals surface area contributed by atoms with Crippen LogP contribution in [0.5, 0.6) is 0 Å². The normalized spacial score (nSPS) is 48.5. The summed E-state index contributed by atoms with van der Waals surface area (Å²) in [5, 5.41) is 21.7. The van der Waals surface area contributed by atoms with Crippen molar-refractivity contribution < 1.29 is 10.2 Å². The maximum absolute atomic E-state index is 9.77. The van der Waals surface area contributed by atoms with Crippen molar-refractivity contribution in [1.82, 2.24) is 5.32 Å². The van der Waals surface area contributed by atoms with E-state index >= 15 is 0 Å². The van der Waals surface area contributed by atoms with Crippen molar-refractivity contribution in [1.29, 1.82) is 0 Å². The molecule has 3 N–H and O–H groups in total. The predicted molar refractivity (Wildman–Crippen MR) is 41.2 cm³/mol. The maximum atomic E-state index is 9.77. The molecule has 2 aliphatic rings. The van der Waals surface area contributed by atoms with E-state index in [1.54, 1.807) is 0 Å². The van der Waals surface area contributed by atoms with Crippen molar-refractivity contribution >= 4 is 0 Å². The summed E-state index contributed by atoms with van der Waals surface area (Å²) in [5.74, 6) is 0.360. The third-order valence-corrected chi connectivity index (χ3v) is 2.71. The van der Waals surface area contributed by atoms with Crippen LogP contribution in [0.4, 0.5) is 0 Å². The number of hydrogen-bond acceptors (Lipinski definition) is 3. The van der Waals surface area contributed by atoms with E-state index in [-0.39, 0.29) is 6.61 Å². The summed E-state index contributed by atoms with van der Waals surface area (Å²) in [6, 6.07) is 0.555. The average Bonchev–Trinajstić information content (AvgIpc) is 2.66. The van der Waals surface area contributed by atoms with Gasteiger partial charge < -0.3 is 15.5 Å². The molecule has 2 fully saturated rings. The first-order valence-electron chi connectivity index (χ1n) is 4.28. The topological polar surface area (TPSA) is 62.4 Å². The van der Waals surface area contributed by atoms with Gasteiger partial charge in [-0.1, -0.05) is 0 Å². The fourth-order valence-electron chi connectivity index (χ4n) is 2.00. The Morgan fingerprint density at radius 2 is 2.09 bits per heavy atom. The van der Waals surface area contributed by atoms with E-state index in [0.29, 0.717) is 12.0 Å². The zero-order chi connectivity index (χ0) is 7.90. The molecule has 0 amide bonds. The van der Waals surface area contributed by atoms with Gasteiger partial charge in [0.05, 0.1) is 5.60 Å². The summed E-state index contributed by atoms with van der Waals surface area (Å²) < 4.78 is 0. The van der Waals surface area contributed by atoms with Crippen LogP contribution in [0.15, 0.2) is 0 Å². The lowest BCUT2D eigenvalue weighted by molar-refractivity contribution is -0.0922. The number of nitrogens with one attached hydrogen (secondary N) is 1. The highest BCUT2D eigenvalue weighted by Crippen LogP contribution is 2.41. The first-order valence-corrected chi connectivity index (χ1v) is 4.28. The monoisotopic (exact) mass is 157 g/mol. The lowest BCUT2D eigenvalue weighted by Gasteiger charge is -2.43. The number of hydrogen-bond donors (Lipinski definition) is 3. The first kappa shape index (κ1) is 7.53. The van der Waals surface area contributed by atoms with E-state index in [9.17, 15) is 5.11 Å². The van der Waals surface area contributed by atoms with Crippen molar-refractivity contribution in [3.05, 3.63) is 0 Å². The predicted octanol–water partition coefficient (Wildman–Crippen LogP) is -0.518. The van der Waals surface area contributed by atoms with Crippen LogP contribution >= 0.6 is 0 Å². The van der Waals surface area contributed by atoms with Gasteiger partial charge in [0, 0.05) is 19.2 Å². The van der Waals surface area contributed by atoms with Crippen LogP contribution in [-0.2, 0) is 0 Å². The first-order chi connectivity index (χ1) is 5.22. The molecule has 3 nitrogen and oxygen atoms in total. The molecule has 1 unspecified atom stereocenters. The quantitative estimate of drug-likeness (QED) is 0.483. The Kier molecular flexibility index (Phi) is 1.67. The molecule has 0 aromatic rings. The number of aliphatic hydroxyl groups is 2. The van der Waals surface area contributed by atoms with Crippen molar-refractivity contribution in [2.24, 2.45) is 5.92 Å². The van der Waals surface area contributed by atoms with Crippen LogP contribution in [0.25, 0.3) is 0 Å². The molecule has 64 valence electrons. The van der Waals surface area contributed by atoms with Gasteiger partial charge in [0.15, 0.2) is 0 Å². The summed E-state index contributed by atoms with van der Waals surface area (Å²) in [6.45, 7) is 1.30. The molecule has 1 aliphatic heterocycles. The molecular formula is C8H15NO2. The van der Waals surface area contributed by atoms with Gasteiger partial charge in [-0.3, -0.25) is 0 Å². The smallest absolute Gasteiger partial charge is 0.0670 e. The highest BCUT2D eigenvalue weighted by Gasteiger charge is 2.45. The Labute approximate surface area is 66.4 Å². The van der Waals surface area contributed by atoms with E-state index in [0.717, 1.165) is 25.8 Å². The van der Waals surface area contributed by atoms with Gasteiger partial charge in [0.2, 0.25) is 0 Å². The molecular weight excluding hydrogens is 142 g/mol. The Morgan fingerprint density at radius 1 is 1.45 bits per heavy atom. The maximum Gasteiger partial charge on any atom is 0.0670 e. The largest absolute Gasteiger partial charge is 0.396 e. The number of rotatable bonds is 3. The van der Waals surface area contributed by atoms with Crippen LogP contribution in [0.3, 0.4) is 0 Å². The van der Waals surface area contributed by atoms with Crippen molar-refractivity contribution in [2.75, 3.05) is 13.2 Å². The van der Waals surface area contributed by atoms with Gasteiger partial charge in [0.1, 0.15) is 0 Å². The standard InChI is InChI=1S/C8H15NO2/c10-5-6-1-8(11,2-6)3-7-4-9-7/h6-7,9-11H,1-5H2. The summed E-state index contributed by atoms with van der Waals surface area (Å²) >= 11 is 0. The Morgan fingerprint density at radius 3 is 2.55 bits per heavy atom. The second-order valence-electron chi connectivity index (χ2n) is 3.99. The van der Waals surface area contributed by atoms with Crippen LogP contribution < -0.4 is 5.32 Å². The molecule has 1 saturated heterocycles. The van der Waals surface area contributed by atoms with Crippen molar-refractivity contribution in [3.8, 4) is 0 Å². The van der Waals surface area contributed by atoms with Gasteiger partial charge in [-0.15, -0.1) is 0 Å². The summed E-state index contributed by atoms with van der Waals surface area (Å²) in [7, 11) is 0. The van der Waals surface area contributed by atoms with E-state index in [2.05, 4.69) is 5.32 Å². The summed E-state index contributed by atoms with van der Waals surface area (Å²) in [6.07, 6.45) is 2.47. The Balaban J connectivity index is 1.75. The molecule has 1 aliphatic carbocycles. The van der Waals surface area contributed by atoms with E-state index in [4.69, 9.17) is 5.11 Å². The Hall–Kier alpha value is -0.120. The molecule has 0 aromatic heterocycles. The second kappa shape index (κ2) is 2.44. The molecule has 1 atom stereocenters. The lowest BCUT2D eigenvalue weighted by atomic mass is 9.69. The summed E-state index contributed by atoms with van der Waals surface area (Å²) in [5.41, 5.74) is -0.443. The minimum Gasteiger partial charge on any atom is -0.396 e. The van der Waals surface area contributed by atoms with E-state index in [1.165, 1.54) is 0 Å². The molecule has 0 aromatic carbocycles. The Bertz CT molecular complexity index is 150. The fourth-order valence-corrected chi connectivity index (χ4v) is 2.00. The molecule has 11 heavy (non-hydrogen) atoms. The SMILES string of the molecule is OCC1CC(O)(CC2CN2)C1. The van der Waals surface area contributed by atoms with Gasteiger partial charge in [0.25, 0.3) is 0 Å². The zero-order valence-corrected chi connectivity index (χ0v) is 6.58. The van der Waals surface area contributed by atoms with Crippen molar-refractivity contribution in [3.63, 3.8) is 0 Å². The van der Waals surface area contributed by atoms with Gasteiger partial charge in [-0.25, -0.2) is 0 Å². The third kappa shape index (κ3) is 1.55. The minimum absolute atomic E-state index is 0.237. The van der Waals surface area contributed by atoms with Crippen LogP contribution in [0.1, 0.15) is 19.3 Å². The van der Waals surface area contributed by atoms with E-state index in [1.807, 2.05) is 0 Å². The molecule has 1 heterocycles. The molecule has 0 spiro atoms. The molecule has 1 saturated carbocycles. The highest BCUT2D eigenvalue weighted by molar-refractivity contribution is 5.00. The van der Waals surface area contributed by atoms with Crippen molar-refractivity contribution in [2.45, 2.75) is 30.9 Å². The second-order valence-corrected chi connectivity index (χ2v) is 3.99. The van der Waals surface area contributed by atoms with Gasteiger partial charge in [-0.05, 0) is 25.2 Å². The van der Waals surface area contributed by atoms with E-state index < -0.39 is 5.60 Å². The summed E-state index contributed by atoms with van der Waals surface area (Å²) in [4.78, 5) is 0.